The molecule has 1 fully saturated rings. The number of hydroxylamine groups is 1. The summed E-state index contributed by atoms with van der Waals surface area (Å²) < 4.78 is 5.46. The lowest BCUT2D eigenvalue weighted by atomic mass is 9.98. The van der Waals surface area contributed by atoms with Crippen molar-refractivity contribution in [3.05, 3.63) is 12.5 Å². The summed E-state index contributed by atoms with van der Waals surface area (Å²) in [5, 5.41) is 0. The monoisotopic (exact) mass is 171 g/mol. The van der Waals surface area contributed by atoms with Gasteiger partial charge < -0.3 is 4.74 Å². The van der Waals surface area contributed by atoms with E-state index in [2.05, 4.69) is 10.3 Å². The van der Waals surface area contributed by atoms with Gasteiger partial charge in [0.1, 0.15) is 6.26 Å². The number of ether oxygens (including phenoxy) is 1. The molecule has 0 aromatic rings. The fourth-order valence-electron chi connectivity index (χ4n) is 1.45. The molecule has 1 aliphatic rings. The topological polar surface area (TPSA) is 30.5 Å². The number of nitrogens with one attached hydrogen (secondary N) is 1. The van der Waals surface area contributed by atoms with E-state index in [0.29, 0.717) is 6.10 Å². The Morgan fingerprint density at radius 1 is 1.25 bits per heavy atom. The Kier molecular flexibility index (Phi) is 4.61. The van der Waals surface area contributed by atoms with Crippen molar-refractivity contribution in [2.75, 3.05) is 7.11 Å². The van der Waals surface area contributed by atoms with Crippen LogP contribution >= 0.6 is 0 Å². The van der Waals surface area contributed by atoms with Gasteiger partial charge in [-0.1, -0.05) is 6.42 Å². The summed E-state index contributed by atoms with van der Waals surface area (Å²) >= 11 is 0. The Morgan fingerprint density at radius 2 is 2.00 bits per heavy atom. The van der Waals surface area contributed by atoms with E-state index in [9.17, 15) is 0 Å². The van der Waals surface area contributed by atoms with E-state index >= 15 is 0 Å². The van der Waals surface area contributed by atoms with Crippen LogP contribution in [0.4, 0.5) is 0 Å². The highest BCUT2D eigenvalue weighted by Crippen LogP contribution is 2.20. The zero-order valence-electron chi connectivity index (χ0n) is 7.58. The van der Waals surface area contributed by atoms with Gasteiger partial charge in [0.25, 0.3) is 0 Å². The van der Waals surface area contributed by atoms with Crippen molar-refractivity contribution < 1.29 is 9.57 Å². The number of hydrogen-bond acceptors (Lipinski definition) is 3. The first-order valence-corrected chi connectivity index (χ1v) is 4.52. The molecule has 0 saturated heterocycles. The van der Waals surface area contributed by atoms with Gasteiger partial charge in [-0.15, -0.1) is 0 Å². The van der Waals surface area contributed by atoms with Gasteiger partial charge in [0.05, 0.1) is 19.4 Å². The molecule has 0 radical (unpaired) electrons. The van der Waals surface area contributed by atoms with E-state index in [0.717, 1.165) is 0 Å². The van der Waals surface area contributed by atoms with E-state index in [-0.39, 0.29) is 0 Å². The Bertz CT molecular complexity index is 130. The molecule has 1 N–H and O–H groups in total. The lowest BCUT2D eigenvalue weighted by Gasteiger charge is -2.20. The van der Waals surface area contributed by atoms with Gasteiger partial charge in [-0.2, -0.15) is 0 Å². The highest BCUT2D eigenvalue weighted by molar-refractivity contribution is 4.72. The molecule has 0 aromatic carbocycles. The van der Waals surface area contributed by atoms with Gasteiger partial charge >= 0.3 is 0 Å². The molecule has 0 atom stereocenters. The maximum atomic E-state index is 5.46. The van der Waals surface area contributed by atoms with E-state index in [1.165, 1.54) is 32.1 Å². The van der Waals surface area contributed by atoms with Crippen molar-refractivity contribution in [3.8, 4) is 0 Å². The van der Waals surface area contributed by atoms with Crippen molar-refractivity contribution in [3.63, 3.8) is 0 Å². The third-order valence-electron chi connectivity index (χ3n) is 2.08. The second-order valence-electron chi connectivity index (χ2n) is 3.02. The van der Waals surface area contributed by atoms with Crippen LogP contribution in [0, 0.1) is 0 Å². The molecule has 0 amide bonds. The van der Waals surface area contributed by atoms with Crippen LogP contribution in [0.2, 0.25) is 0 Å². The lowest BCUT2D eigenvalue weighted by Crippen LogP contribution is -2.14. The first-order chi connectivity index (χ1) is 5.93. The average molecular weight is 171 g/mol. The average Bonchev–Trinajstić information content (AvgIpc) is 2.14. The molecule has 1 saturated carbocycles. The molecule has 1 aliphatic carbocycles. The van der Waals surface area contributed by atoms with Crippen LogP contribution in [0.25, 0.3) is 0 Å². The van der Waals surface area contributed by atoms with E-state index in [4.69, 9.17) is 4.74 Å². The van der Waals surface area contributed by atoms with Gasteiger partial charge in [-0.25, -0.2) is 0 Å². The Morgan fingerprint density at radius 3 is 2.67 bits per heavy atom. The van der Waals surface area contributed by atoms with E-state index in [1.54, 1.807) is 19.6 Å². The molecule has 0 unspecified atom stereocenters. The van der Waals surface area contributed by atoms with Crippen LogP contribution < -0.4 is 5.48 Å². The normalized spacial score (nSPS) is 19.8. The summed E-state index contributed by atoms with van der Waals surface area (Å²) in [6.07, 6.45) is 10.1. The predicted octanol–water partition coefficient (Wildman–Crippen LogP) is 1.96. The van der Waals surface area contributed by atoms with E-state index in [1.807, 2.05) is 0 Å². The molecule has 0 bridgehead atoms. The maximum absolute atomic E-state index is 5.46. The molecule has 70 valence electrons. The fourth-order valence-corrected chi connectivity index (χ4v) is 1.45. The van der Waals surface area contributed by atoms with Gasteiger partial charge in [0, 0.05) is 0 Å². The highest BCUT2D eigenvalue weighted by atomic mass is 16.6. The minimum absolute atomic E-state index is 0.425. The van der Waals surface area contributed by atoms with Gasteiger partial charge in [-0.3, -0.25) is 10.3 Å². The van der Waals surface area contributed by atoms with Crippen LogP contribution in [-0.4, -0.2) is 13.2 Å². The summed E-state index contributed by atoms with van der Waals surface area (Å²) in [5.41, 5.74) is 2.58. The molecule has 3 heteroatoms. The molecular formula is C9H17NO2. The first kappa shape index (κ1) is 9.39. The van der Waals surface area contributed by atoms with Gasteiger partial charge in [0.2, 0.25) is 0 Å². The predicted molar refractivity (Wildman–Crippen MR) is 47.2 cm³/mol. The molecule has 3 nitrogen and oxygen atoms in total. The third-order valence-corrected chi connectivity index (χ3v) is 2.08. The molecule has 12 heavy (non-hydrogen) atoms. The number of hydrogen-bond donors (Lipinski definition) is 1. The van der Waals surface area contributed by atoms with Crippen LogP contribution in [0.3, 0.4) is 0 Å². The van der Waals surface area contributed by atoms with Crippen molar-refractivity contribution >= 4 is 0 Å². The van der Waals surface area contributed by atoms with E-state index < -0.39 is 0 Å². The summed E-state index contributed by atoms with van der Waals surface area (Å²) in [6.45, 7) is 0. The minimum atomic E-state index is 0.425. The van der Waals surface area contributed by atoms with Crippen LogP contribution in [0.1, 0.15) is 32.1 Å². The van der Waals surface area contributed by atoms with Crippen molar-refractivity contribution in [1.29, 1.82) is 0 Å². The minimum Gasteiger partial charge on any atom is -0.496 e. The quantitative estimate of drug-likeness (QED) is 0.518. The standard InChI is InChI=1S/C9H17NO2/c1-11-10-7-8-12-9-5-3-2-4-6-9/h7-10H,2-6H2,1H3/b8-7-. The van der Waals surface area contributed by atoms with Gasteiger partial charge in [-0.05, 0) is 25.7 Å². The van der Waals surface area contributed by atoms with Gasteiger partial charge in [0.15, 0.2) is 0 Å². The zero-order valence-corrected chi connectivity index (χ0v) is 7.58. The molecule has 0 aromatic heterocycles. The van der Waals surface area contributed by atoms with Crippen molar-refractivity contribution in [1.82, 2.24) is 5.48 Å². The SMILES string of the molecule is CON/C=C\OC1CCCCC1. The summed E-state index contributed by atoms with van der Waals surface area (Å²) in [4.78, 5) is 4.61. The molecule has 1 rings (SSSR count). The Labute approximate surface area is 73.7 Å². The molecular weight excluding hydrogens is 154 g/mol. The first-order valence-electron chi connectivity index (χ1n) is 4.52. The van der Waals surface area contributed by atoms with Crippen LogP contribution in [-0.2, 0) is 9.57 Å². The Balaban J connectivity index is 2.04. The smallest absolute Gasteiger partial charge is 0.101 e. The number of rotatable bonds is 4. The largest absolute Gasteiger partial charge is 0.496 e. The second-order valence-corrected chi connectivity index (χ2v) is 3.02. The fraction of sp³-hybridized carbons (Fsp3) is 0.778. The maximum Gasteiger partial charge on any atom is 0.101 e. The van der Waals surface area contributed by atoms with Crippen molar-refractivity contribution in [2.45, 2.75) is 38.2 Å². The molecule has 0 spiro atoms. The summed E-state index contributed by atoms with van der Waals surface area (Å²) in [6, 6.07) is 0. The van der Waals surface area contributed by atoms with Crippen LogP contribution in [0.15, 0.2) is 12.5 Å². The third kappa shape index (κ3) is 3.62. The lowest BCUT2D eigenvalue weighted by molar-refractivity contribution is 0.0936. The summed E-state index contributed by atoms with van der Waals surface area (Å²) in [5.74, 6) is 0. The zero-order chi connectivity index (χ0) is 8.65. The molecule has 0 heterocycles. The Hall–Kier alpha value is -0.700. The van der Waals surface area contributed by atoms with Crippen molar-refractivity contribution in [2.24, 2.45) is 0 Å². The highest BCUT2D eigenvalue weighted by Gasteiger charge is 2.12. The summed E-state index contributed by atoms with van der Waals surface area (Å²) in [7, 11) is 1.57. The second kappa shape index (κ2) is 5.89. The molecule has 0 aliphatic heterocycles. The van der Waals surface area contributed by atoms with Crippen LogP contribution in [0.5, 0.6) is 0 Å².